The first-order valence-electron chi connectivity index (χ1n) is 10.1. The molecule has 0 radical (unpaired) electrons. The van der Waals surface area contributed by atoms with E-state index in [0.29, 0.717) is 29.0 Å². The van der Waals surface area contributed by atoms with Gasteiger partial charge in [0.25, 0.3) is 5.56 Å². The molecule has 8 heteroatoms. The van der Waals surface area contributed by atoms with Gasteiger partial charge in [-0.2, -0.15) is 5.10 Å². The minimum Gasteiger partial charge on any atom is -0.378 e. The van der Waals surface area contributed by atoms with Crippen molar-refractivity contribution in [1.29, 1.82) is 0 Å². The third-order valence-corrected chi connectivity index (χ3v) is 5.41. The molecule has 0 aliphatic rings. The van der Waals surface area contributed by atoms with Crippen molar-refractivity contribution in [3.63, 3.8) is 0 Å². The third kappa shape index (κ3) is 3.44. The van der Waals surface area contributed by atoms with Crippen molar-refractivity contribution in [3.05, 3.63) is 93.8 Å². The van der Waals surface area contributed by atoms with Crippen molar-refractivity contribution >= 4 is 16.7 Å². The summed E-state index contributed by atoms with van der Waals surface area (Å²) in [6.45, 7) is 2.70. The second-order valence-corrected chi connectivity index (χ2v) is 7.67. The summed E-state index contributed by atoms with van der Waals surface area (Å²) in [5, 5.41) is 13.2. The second-order valence-electron chi connectivity index (χ2n) is 7.67. The number of benzene rings is 2. The van der Waals surface area contributed by atoms with Crippen LogP contribution in [0.1, 0.15) is 16.8 Å². The molecule has 0 bridgehead atoms. The Bertz CT molecular complexity index is 1490. The van der Waals surface area contributed by atoms with Crippen molar-refractivity contribution < 1.29 is 9.13 Å². The summed E-state index contributed by atoms with van der Waals surface area (Å²) in [4.78, 5) is 13.1. The molecule has 2 aromatic carbocycles. The van der Waals surface area contributed by atoms with Crippen LogP contribution in [0.25, 0.3) is 27.8 Å². The maximum absolute atomic E-state index is 13.4. The molecule has 5 rings (SSSR count). The summed E-state index contributed by atoms with van der Waals surface area (Å²) < 4.78 is 22.0. The Morgan fingerprint density at radius 3 is 2.47 bits per heavy atom. The molecule has 0 unspecified atom stereocenters. The van der Waals surface area contributed by atoms with Crippen LogP contribution in [0, 0.1) is 12.7 Å². The number of nitrogens with zero attached hydrogens (tertiary/aromatic N) is 5. The predicted octanol–water partition coefficient (Wildman–Crippen LogP) is 3.75. The lowest BCUT2D eigenvalue weighted by atomic mass is 10.1. The number of pyridine rings is 1. The molecule has 0 amide bonds. The maximum atomic E-state index is 13.4. The number of methoxy groups -OCH3 is 1. The number of rotatable bonds is 5. The normalized spacial score (nSPS) is 11.5. The second kappa shape index (κ2) is 7.97. The first-order chi connectivity index (χ1) is 15.5. The molecule has 0 fully saturated rings. The van der Waals surface area contributed by atoms with Crippen LogP contribution in [-0.4, -0.2) is 31.5 Å². The first-order valence-corrected chi connectivity index (χ1v) is 10.1. The number of hydrogen-bond donors (Lipinski definition) is 0. The van der Waals surface area contributed by atoms with Crippen LogP contribution in [0.4, 0.5) is 4.39 Å². The molecular formula is C24H20FN5O2. The van der Waals surface area contributed by atoms with E-state index in [9.17, 15) is 9.18 Å². The van der Waals surface area contributed by atoms with Gasteiger partial charge in [-0.15, -0.1) is 10.2 Å². The highest BCUT2D eigenvalue weighted by Gasteiger charge is 2.19. The van der Waals surface area contributed by atoms with Gasteiger partial charge in [-0.05, 0) is 36.2 Å². The van der Waals surface area contributed by atoms with Gasteiger partial charge in [-0.1, -0.05) is 42.0 Å². The fourth-order valence-corrected chi connectivity index (χ4v) is 3.79. The Morgan fingerprint density at radius 2 is 1.75 bits per heavy atom. The molecule has 7 nitrogen and oxygen atoms in total. The monoisotopic (exact) mass is 429 g/mol. The molecule has 0 atom stereocenters. The van der Waals surface area contributed by atoms with E-state index < -0.39 is 0 Å². The van der Waals surface area contributed by atoms with E-state index in [4.69, 9.17) is 4.74 Å². The van der Waals surface area contributed by atoms with Crippen LogP contribution in [0.3, 0.4) is 0 Å². The molecule has 0 N–H and O–H groups in total. The van der Waals surface area contributed by atoms with E-state index in [0.717, 1.165) is 16.7 Å². The molecule has 3 aromatic heterocycles. The SMILES string of the molecule is COCc1nn2c(nnc3c(=O)n(Cc4ccc(C)cc4)ccc32)c1-c1ccc(F)cc1. The lowest BCUT2D eigenvalue weighted by Crippen LogP contribution is -2.22. The Balaban J connectivity index is 1.67. The highest BCUT2D eigenvalue weighted by molar-refractivity contribution is 5.84. The van der Waals surface area contributed by atoms with E-state index in [1.807, 2.05) is 37.3 Å². The van der Waals surface area contributed by atoms with Gasteiger partial charge in [0.2, 0.25) is 0 Å². The van der Waals surface area contributed by atoms with Gasteiger partial charge >= 0.3 is 0 Å². The number of fused-ring (bicyclic) bond motifs is 3. The molecule has 3 heterocycles. The van der Waals surface area contributed by atoms with Gasteiger partial charge in [-0.3, -0.25) is 4.79 Å². The number of aryl methyl sites for hydroxylation is 1. The zero-order chi connectivity index (χ0) is 22.2. The van der Waals surface area contributed by atoms with E-state index in [2.05, 4.69) is 15.3 Å². The van der Waals surface area contributed by atoms with Crippen molar-refractivity contribution in [2.75, 3.05) is 7.11 Å². The van der Waals surface area contributed by atoms with Gasteiger partial charge < -0.3 is 9.30 Å². The van der Waals surface area contributed by atoms with Crippen molar-refractivity contribution in [2.45, 2.75) is 20.1 Å². The molecular weight excluding hydrogens is 409 g/mol. The van der Waals surface area contributed by atoms with Crippen LogP contribution in [0.5, 0.6) is 0 Å². The quantitative estimate of drug-likeness (QED) is 0.425. The van der Waals surface area contributed by atoms with Crippen molar-refractivity contribution in [1.82, 2.24) is 24.4 Å². The third-order valence-electron chi connectivity index (χ3n) is 5.41. The van der Waals surface area contributed by atoms with E-state index in [-0.39, 0.29) is 23.5 Å². The summed E-state index contributed by atoms with van der Waals surface area (Å²) in [6, 6.07) is 15.9. The van der Waals surface area contributed by atoms with Gasteiger partial charge in [0.1, 0.15) is 11.3 Å². The summed E-state index contributed by atoms with van der Waals surface area (Å²) in [5.41, 5.74) is 5.26. The highest BCUT2D eigenvalue weighted by atomic mass is 19.1. The molecule has 5 aromatic rings. The van der Waals surface area contributed by atoms with Crippen LogP contribution < -0.4 is 5.56 Å². The largest absolute Gasteiger partial charge is 0.378 e. The van der Waals surface area contributed by atoms with Crippen LogP contribution in [0.15, 0.2) is 65.6 Å². The van der Waals surface area contributed by atoms with Gasteiger partial charge in [0, 0.05) is 13.3 Å². The number of aromatic nitrogens is 5. The fourth-order valence-electron chi connectivity index (χ4n) is 3.79. The maximum Gasteiger partial charge on any atom is 0.280 e. The van der Waals surface area contributed by atoms with Gasteiger partial charge in [0.05, 0.1) is 24.4 Å². The van der Waals surface area contributed by atoms with Gasteiger partial charge in [-0.25, -0.2) is 8.91 Å². The van der Waals surface area contributed by atoms with Crippen LogP contribution in [0.2, 0.25) is 0 Å². The Hall–Kier alpha value is -3.91. The minimum absolute atomic E-state index is 0.226. The van der Waals surface area contributed by atoms with Gasteiger partial charge in [0.15, 0.2) is 11.2 Å². The van der Waals surface area contributed by atoms with E-state index >= 15 is 0 Å². The van der Waals surface area contributed by atoms with Crippen LogP contribution in [-0.2, 0) is 17.9 Å². The van der Waals surface area contributed by atoms with Crippen LogP contribution >= 0.6 is 0 Å². The average molecular weight is 429 g/mol. The highest BCUT2D eigenvalue weighted by Crippen LogP contribution is 2.29. The molecule has 0 saturated carbocycles. The summed E-state index contributed by atoms with van der Waals surface area (Å²) in [6.07, 6.45) is 1.74. The predicted molar refractivity (Wildman–Crippen MR) is 119 cm³/mol. The molecule has 32 heavy (non-hydrogen) atoms. The van der Waals surface area contributed by atoms with E-state index in [1.165, 1.54) is 12.1 Å². The molecule has 0 spiro atoms. The Morgan fingerprint density at radius 1 is 1.00 bits per heavy atom. The van der Waals surface area contributed by atoms with Crippen molar-refractivity contribution in [2.24, 2.45) is 0 Å². The van der Waals surface area contributed by atoms with Crippen molar-refractivity contribution in [3.8, 4) is 11.1 Å². The number of ether oxygens (including phenoxy) is 1. The average Bonchev–Trinajstić information content (AvgIpc) is 3.16. The number of hydrogen-bond acceptors (Lipinski definition) is 5. The zero-order valence-corrected chi connectivity index (χ0v) is 17.6. The molecule has 0 aliphatic heterocycles. The lowest BCUT2D eigenvalue weighted by Gasteiger charge is -2.08. The Kier molecular flexibility index (Phi) is 4.99. The Labute approximate surface area is 182 Å². The fraction of sp³-hybridized carbons (Fsp3) is 0.167. The summed E-state index contributed by atoms with van der Waals surface area (Å²) in [7, 11) is 1.58. The first kappa shape index (κ1) is 20.0. The molecule has 0 aliphatic carbocycles. The molecule has 160 valence electrons. The standard InChI is InChI=1S/C24H20FN5O2/c1-15-3-5-16(6-4-15)13-29-12-11-20-22(24(29)31)26-27-23-21(17-7-9-18(25)10-8-17)19(14-32-2)28-30(20)23/h3-12H,13-14H2,1-2H3. The number of halogens is 1. The van der Waals surface area contributed by atoms with E-state index in [1.54, 1.807) is 34.5 Å². The topological polar surface area (TPSA) is 74.3 Å². The molecule has 0 saturated heterocycles. The minimum atomic E-state index is -0.329. The lowest BCUT2D eigenvalue weighted by molar-refractivity contribution is 0.181. The zero-order valence-electron chi connectivity index (χ0n) is 17.6. The summed E-state index contributed by atoms with van der Waals surface area (Å²) >= 11 is 0. The smallest absolute Gasteiger partial charge is 0.280 e. The summed E-state index contributed by atoms with van der Waals surface area (Å²) in [5.74, 6) is -0.329.